The van der Waals surface area contributed by atoms with Crippen molar-refractivity contribution in [2.75, 3.05) is 6.61 Å². The van der Waals surface area contributed by atoms with Crippen LogP contribution in [0.25, 0.3) is 0 Å². The number of rotatable bonds is 11. The van der Waals surface area contributed by atoms with E-state index in [4.69, 9.17) is 0 Å². The van der Waals surface area contributed by atoms with E-state index in [2.05, 4.69) is 30.4 Å². The van der Waals surface area contributed by atoms with Crippen LogP contribution < -0.4 is 0 Å². The van der Waals surface area contributed by atoms with E-state index in [1.165, 1.54) is 25.7 Å². The van der Waals surface area contributed by atoms with E-state index < -0.39 is 11.8 Å². The molecule has 2 nitrogen and oxygen atoms in total. The van der Waals surface area contributed by atoms with E-state index in [9.17, 15) is 9.18 Å². The Bertz CT molecular complexity index is 259. The number of allylic oxidation sites excluding steroid dienone is 2. The third-order valence-electron chi connectivity index (χ3n) is 2.59. The van der Waals surface area contributed by atoms with Gasteiger partial charge in [0.25, 0.3) is 0 Å². The highest BCUT2D eigenvalue weighted by Crippen LogP contribution is 2.07. The van der Waals surface area contributed by atoms with Gasteiger partial charge in [0.1, 0.15) is 0 Å². The van der Waals surface area contributed by atoms with Crippen molar-refractivity contribution < 1.29 is 13.9 Å². The lowest BCUT2D eigenvalue weighted by Crippen LogP contribution is -2.05. The van der Waals surface area contributed by atoms with Crippen molar-refractivity contribution in [1.82, 2.24) is 0 Å². The molecule has 0 saturated carbocycles. The topological polar surface area (TPSA) is 26.3 Å². The van der Waals surface area contributed by atoms with Crippen LogP contribution >= 0.6 is 0 Å². The molecule has 0 fully saturated rings. The third kappa shape index (κ3) is 11.4. The lowest BCUT2D eigenvalue weighted by atomic mass is 10.1. The van der Waals surface area contributed by atoms with E-state index in [1.807, 2.05) is 0 Å². The Morgan fingerprint density at radius 3 is 2.39 bits per heavy atom. The zero-order valence-electron chi connectivity index (χ0n) is 11.4. The minimum Gasteiger partial charge on any atom is -0.460 e. The van der Waals surface area contributed by atoms with Gasteiger partial charge in [-0.25, -0.2) is 4.79 Å². The molecule has 0 aliphatic heterocycles. The third-order valence-corrected chi connectivity index (χ3v) is 2.59. The van der Waals surface area contributed by atoms with Crippen LogP contribution in [-0.2, 0) is 9.53 Å². The zero-order valence-corrected chi connectivity index (χ0v) is 11.4. The summed E-state index contributed by atoms with van der Waals surface area (Å²) in [5.41, 5.74) is 0. The van der Waals surface area contributed by atoms with Gasteiger partial charge in [-0.2, -0.15) is 4.39 Å². The Labute approximate surface area is 110 Å². The molecular weight excluding hydrogens is 231 g/mol. The fourth-order valence-corrected chi connectivity index (χ4v) is 1.54. The largest absolute Gasteiger partial charge is 0.460 e. The predicted molar refractivity (Wildman–Crippen MR) is 73.0 cm³/mol. The van der Waals surface area contributed by atoms with Crippen LogP contribution in [0.15, 0.2) is 24.6 Å². The minimum absolute atomic E-state index is 0.290. The normalized spacial score (nSPS) is 10.8. The quantitative estimate of drug-likeness (QED) is 0.231. The SMILES string of the molecule is C=C(F)C(=O)OCCCCCCCC=CCCC. The first kappa shape index (κ1) is 16.9. The van der Waals surface area contributed by atoms with Gasteiger partial charge in [-0.15, -0.1) is 0 Å². The maximum Gasteiger partial charge on any atom is 0.366 e. The van der Waals surface area contributed by atoms with Crippen molar-refractivity contribution in [3.63, 3.8) is 0 Å². The van der Waals surface area contributed by atoms with Crippen molar-refractivity contribution in [1.29, 1.82) is 0 Å². The van der Waals surface area contributed by atoms with Gasteiger partial charge in [-0.3, -0.25) is 0 Å². The second-order valence-corrected chi connectivity index (χ2v) is 4.36. The van der Waals surface area contributed by atoms with Gasteiger partial charge in [-0.05, 0) is 25.7 Å². The van der Waals surface area contributed by atoms with Crippen LogP contribution in [0, 0.1) is 0 Å². The van der Waals surface area contributed by atoms with Gasteiger partial charge >= 0.3 is 5.97 Å². The van der Waals surface area contributed by atoms with Crippen LogP contribution in [0.5, 0.6) is 0 Å². The molecule has 0 atom stereocenters. The Balaban J connectivity index is 3.17. The first-order valence-corrected chi connectivity index (χ1v) is 6.85. The molecule has 104 valence electrons. The lowest BCUT2D eigenvalue weighted by molar-refractivity contribution is -0.140. The fraction of sp³-hybridized carbons (Fsp3) is 0.667. The molecule has 0 amide bonds. The molecule has 0 aromatic rings. The monoisotopic (exact) mass is 256 g/mol. The van der Waals surface area contributed by atoms with Crippen molar-refractivity contribution in [2.24, 2.45) is 0 Å². The standard InChI is InChI=1S/C15H25FO2/c1-3-4-5-6-7-8-9-10-11-12-13-18-15(17)14(2)16/h5-6H,2-4,7-13H2,1H3. The summed E-state index contributed by atoms with van der Waals surface area (Å²) in [7, 11) is 0. The number of unbranched alkanes of at least 4 members (excludes halogenated alkanes) is 6. The van der Waals surface area contributed by atoms with Gasteiger partial charge in [0.15, 0.2) is 0 Å². The van der Waals surface area contributed by atoms with Gasteiger partial charge < -0.3 is 4.74 Å². The number of esters is 1. The molecular formula is C15H25FO2. The summed E-state index contributed by atoms with van der Waals surface area (Å²) in [4.78, 5) is 10.7. The predicted octanol–water partition coefficient (Wildman–Crippen LogP) is 4.71. The first-order valence-electron chi connectivity index (χ1n) is 6.85. The van der Waals surface area contributed by atoms with Gasteiger partial charge in [0.05, 0.1) is 6.61 Å². The van der Waals surface area contributed by atoms with Crippen molar-refractivity contribution in [3.8, 4) is 0 Å². The average Bonchev–Trinajstić information content (AvgIpc) is 2.35. The summed E-state index contributed by atoms with van der Waals surface area (Å²) >= 11 is 0. The van der Waals surface area contributed by atoms with Crippen LogP contribution in [0.4, 0.5) is 4.39 Å². The molecule has 0 rings (SSSR count). The van der Waals surface area contributed by atoms with Crippen molar-refractivity contribution in [2.45, 2.75) is 58.3 Å². The van der Waals surface area contributed by atoms with E-state index in [0.29, 0.717) is 0 Å². The lowest BCUT2D eigenvalue weighted by Gasteiger charge is -2.02. The van der Waals surface area contributed by atoms with Crippen LogP contribution in [0.1, 0.15) is 58.3 Å². The second-order valence-electron chi connectivity index (χ2n) is 4.36. The molecule has 0 bridgehead atoms. The molecule has 0 spiro atoms. The van der Waals surface area contributed by atoms with Crippen molar-refractivity contribution in [3.05, 3.63) is 24.6 Å². The van der Waals surface area contributed by atoms with Crippen LogP contribution in [0.2, 0.25) is 0 Å². The Morgan fingerprint density at radius 2 is 1.72 bits per heavy atom. The maximum absolute atomic E-state index is 12.2. The minimum atomic E-state index is -1.02. The molecule has 0 aromatic carbocycles. The molecule has 0 aliphatic rings. The summed E-state index contributed by atoms with van der Waals surface area (Å²) in [6.45, 7) is 5.34. The number of carbonyl (C=O) groups is 1. The van der Waals surface area contributed by atoms with E-state index in [-0.39, 0.29) is 6.61 Å². The highest BCUT2D eigenvalue weighted by atomic mass is 19.1. The Hall–Kier alpha value is -1.12. The number of carbonyl (C=O) groups excluding carboxylic acids is 1. The number of hydrogen-bond acceptors (Lipinski definition) is 2. The molecule has 0 aromatic heterocycles. The van der Waals surface area contributed by atoms with Gasteiger partial charge in [-0.1, -0.05) is 51.3 Å². The molecule has 0 saturated heterocycles. The summed E-state index contributed by atoms with van der Waals surface area (Å²) in [5.74, 6) is -1.95. The van der Waals surface area contributed by atoms with E-state index in [0.717, 1.165) is 25.7 Å². The molecule has 0 radical (unpaired) electrons. The average molecular weight is 256 g/mol. The highest BCUT2D eigenvalue weighted by molar-refractivity contribution is 5.85. The molecule has 0 aliphatic carbocycles. The molecule has 0 N–H and O–H groups in total. The first-order chi connectivity index (χ1) is 8.68. The van der Waals surface area contributed by atoms with E-state index in [1.54, 1.807) is 0 Å². The maximum atomic E-state index is 12.2. The molecule has 3 heteroatoms. The summed E-state index contributed by atoms with van der Waals surface area (Å²) in [5, 5.41) is 0. The molecule has 0 unspecified atom stereocenters. The molecule has 0 heterocycles. The summed E-state index contributed by atoms with van der Waals surface area (Å²) < 4.78 is 16.9. The highest BCUT2D eigenvalue weighted by Gasteiger charge is 2.05. The van der Waals surface area contributed by atoms with Crippen molar-refractivity contribution >= 4 is 5.97 Å². The number of halogens is 1. The van der Waals surface area contributed by atoms with Crippen LogP contribution in [0.3, 0.4) is 0 Å². The number of hydrogen-bond donors (Lipinski definition) is 0. The fourth-order valence-electron chi connectivity index (χ4n) is 1.54. The smallest absolute Gasteiger partial charge is 0.366 e. The Kier molecular flexibility index (Phi) is 11.6. The second kappa shape index (κ2) is 12.3. The van der Waals surface area contributed by atoms with Gasteiger partial charge in [0.2, 0.25) is 5.83 Å². The Morgan fingerprint density at radius 1 is 1.11 bits per heavy atom. The number of ether oxygens (including phenoxy) is 1. The van der Waals surface area contributed by atoms with Crippen LogP contribution in [-0.4, -0.2) is 12.6 Å². The van der Waals surface area contributed by atoms with E-state index >= 15 is 0 Å². The zero-order chi connectivity index (χ0) is 13.6. The summed E-state index contributed by atoms with van der Waals surface area (Å²) in [6.07, 6.45) is 13.4. The summed E-state index contributed by atoms with van der Waals surface area (Å²) in [6, 6.07) is 0. The van der Waals surface area contributed by atoms with Gasteiger partial charge in [0, 0.05) is 0 Å². The molecule has 18 heavy (non-hydrogen) atoms.